The molecule has 2 heteroatoms. The quantitative estimate of drug-likeness (QED) is 0.717. The Morgan fingerprint density at radius 1 is 1.00 bits per heavy atom. The summed E-state index contributed by atoms with van der Waals surface area (Å²) >= 11 is 0. The Hall–Kier alpha value is -1.96. The number of aryl methyl sites for hydroxylation is 2. The van der Waals surface area contributed by atoms with Crippen LogP contribution in [0.5, 0.6) is 0 Å². The van der Waals surface area contributed by atoms with Gasteiger partial charge in [0.1, 0.15) is 5.82 Å². The summed E-state index contributed by atoms with van der Waals surface area (Å²) in [6.07, 6.45) is 0. The molecule has 0 aliphatic rings. The van der Waals surface area contributed by atoms with Crippen LogP contribution in [0.4, 0.5) is 4.39 Å². The summed E-state index contributed by atoms with van der Waals surface area (Å²) in [5, 5.41) is 0. The second-order valence-electron chi connectivity index (χ2n) is 4.13. The van der Waals surface area contributed by atoms with E-state index in [-0.39, 0.29) is 11.3 Å². The van der Waals surface area contributed by atoms with Crippen LogP contribution in [0.15, 0.2) is 42.5 Å². The van der Waals surface area contributed by atoms with Crippen LogP contribution in [0.2, 0.25) is 0 Å². The molecule has 0 heterocycles. The average Bonchev–Trinajstić information content (AvgIpc) is 2.32. The zero-order chi connectivity index (χ0) is 12.4. The fraction of sp³-hybridized carbons (Fsp3) is 0.133. The van der Waals surface area contributed by atoms with Gasteiger partial charge < -0.3 is 0 Å². The summed E-state index contributed by atoms with van der Waals surface area (Å²) in [5.41, 5.74) is 2.55. The van der Waals surface area contributed by atoms with Crippen LogP contribution in [-0.2, 0) is 0 Å². The molecular formula is C15H13FO. The van der Waals surface area contributed by atoms with E-state index in [2.05, 4.69) is 0 Å². The average molecular weight is 228 g/mol. The maximum atomic E-state index is 13.5. The first kappa shape index (κ1) is 11.5. The number of benzene rings is 2. The first-order valence-corrected chi connectivity index (χ1v) is 5.46. The zero-order valence-corrected chi connectivity index (χ0v) is 9.83. The number of rotatable bonds is 2. The van der Waals surface area contributed by atoms with Gasteiger partial charge in [-0.05, 0) is 37.6 Å². The van der Waals surface area contributed by atoms with Crippen molar-refractivity contribution in [1.29, 1.82) is 0 Å². The van der Waals surface area contributed by atoms with E-state index in [1.54, 1.807) is 18.2 Å². The number of ketones is 1. The van der Waals surface area contributed by atoms with Crippen LogP contribution < -0.4 is 0 Å². The van der Waals surface area contributed by atoms with Crippen molar-refractivity contribution in [3.63, 3.8) is 0 Å². The van der Waals surface area contributed by atoms with Crippen molar-refractivity contribution in [1.82, 2.24) is 0 Å². The Kier molecular flexibility index (Phi) is 3.05. The van der Waals surface area contributed by atoms with E-state index >= 15 is 0 Å². The van der Waals surface area contributed by atoms with Crippen molar-refractivity contribution >= 4 is 5.78 Å². The highest BCUT2D eigenvalue weighted by Gasteiger charge is 2.15. The Morgan fingerprint density at radius 2 is 1.71 bits per heavy atom. The number of carbonyl (C=O) groups excluding carboxylic acids is 1. The van der Waals surface area contributed by atoms with Gasteiger partial charge in [-0.25, -0.2) is 4.39 Å². The minimum Gasteiger partial charge on any atom is -0.288 e. The van der Waals surface area contributed by atoms with E-state index in [4.69, 9.17) is 0 Å². The molecule has 0 saturated heterocycles. The number of carbonyl (C=O) groups is 1. The van der Waals surface area contributed by atoms with Crippen LogP contribution in [0.3, 0.4) is 0 Å². The van der Waals surface area contributed by atoms with Crippen molar-refractivity contribution in [2.45, 2.75) is 13.8 Å². The highest BCUT2D eigenvalue weighted by Crippen LogP contribution is 2.17. The van der Waals surface area contributed by atoms with E-state index in [1.165, 1.54) is 12.1 Å². The van der Waals surface area contributed by atoms with Crippen molar-refractivity contribution in [3.05, 3.63) is 70.5 Å². The molecule has 17 heavy (non-hydrogen) atoms. The van der Waals surface area contributed by atoms with E-state index < -0.39 is 5.82 Å². The normalized spacial score (nSPS) is 10.3. The SMILES string of the molecule is Cc1ccc(C)c(C(=O)c2ccccc2F)c1. The lowest BCUT2D eigenvalue weighted by molar-refractivity contribution is 0.103. The molecule has 1 nitrogen and oxygen atoms in total. The lowest BCUT2D eigenvalue weighted by Crippen LogP contribution is -2.06. The van der Waals surface area contributed by atoms with Gasteiger partial charge in [-0.2, -0.15) is 0 Å². The smallest absolute Gasteiger partial charge is 0.196 e. The van der Waals surface area contributed by atoms with E-state index in [9.17, 15) is 9.18 Å². The molecule has 0 aliphatic heterocycles. The Balaban J connectivity index is 2.51. The van der Waals surface area contributed by atoms with Gasteiger partial charge >= 0.3 is 0 Å². The Bertz CT molecular complexity index is 573. The molecule has 0 aliphatic carbocycles. The van der Waals surface area contributed by atoms with Gasteiger partial charge in [-0.3, -0.25) is 4.79 Å². The molecule has 0 spiro atoms. The monoisotopic (exact) mass is 228 g/mol. The van der Waals surface area contributed by atoms with Crippen molar-refractivity contribution in [2.24, 2.45) is 0 Å². The molecular weight excluding hydrogens is 215 g/mol. The molecule has 2 aromatic carbocycles. The summed E-state index contributed by atoms with van der Waals surface area (Å²) in [7, 11) is 0. The topological polar surface area (TPSA) is 17.1 Å². The van der Waals surface area contributed by atoms with Crippen LogP contribution in [0, 0.1) is 19.7 Å². The lowest BCUT2D eigenvalue weighted by Gasteiger charge is -2.07. The first-order valence-electron chi connectivity index (χ1n) is 5.46. The Labute approximate surface area is 99.9 Å². The van der Waals surface area contributed by atoms with Crippen LogP contribution in [-0.4, -0.2) is 5.78 Å². The van der Waals surface area contributed by atoms with E-state index in [0.717, 1.165) is 11.1 Å². The standard InChI is InChI=1S/C15H13FO/c1-10-7-8-11(2)13(9-10)15(17)12-5-3-4-6-14(12)16/h3-9H,1-2H3. The second kappa shape index (κ2) is 4.50. The van der Waals surface area contributed by atoms with Crippen molar-refractivity contribution in [2.75, 3.05) is 0 Å². The summed E-state index contributed by atoms with van der Waals surface area (Å²) in [6.45, 7) is 3.77. The number of hydrogen-bond donors (Lipinski definition) is 0. The molecule has 0 saturated carbocycles. The van der Waals surface area contributed by atoms with E-state index in [1.807, 2.05) is 26.0 Å². The summed E-state index contributed by atoms with van der Waals surface area (Å²) in [4.78, 5) is 12.2. The molecule has 0 amide bonds. The van der Waals surface area contributed by atoms with Gasteiger partial charge in [0, 0.05) is 5.56 Å². The summed E-state index contributed by atoms with van der Waals surface area (Å²) in [5.74, 6) is -0.734. The van der Waals surface area contributed by atoms with Crippen LogP contribution in [0.25, 0.3) is 0 Å². The molecule has 0 aromatic heterocycles. The van der Waals surface area contributed by atoms with E-state index in [0.29, 0.717) is 5.56 Å². The molecule has 0 unspecified atom stereocenters. The molecule has 0 bridgehead atoms. The third kappa shape index (κ3) is 2.26. The fourth-order valence-corrected chi connectivity index (χ4v) is 1.77. The molecule has 86 valence electrons. The third-order valence-corrected chi connectivity index (χ3v) is 2.76. The van der Waals surface area contributed by atoms with Gasteiger partial charge in [-0.1, -0.05) is 29.8 Å². The van der Waals surface area contributed by atoms with Crippen molar-refractivity contribution < 1.29 is 9.18 Å². The molecule has 0 fully saturated rings. The maximum Gasteiger partial charge on any atom is 0.196 e. The predicted octanol–water partition coefficient (Wildman–Crippen LogP) is 3.67. The van der Waals surface area contributed by atoms with Gasteiger partial charge in [0.05, 0.1) is 5.56 Å². The molecule has 0 radical (unpaired) electrons. The van der Waals surface area contributed by atoms with Gasteiger partial charge in [0.25, 0.3) is 0 Å². The molecule has 2 aromatic rings. The highest BCUT2D eigenvalue weighted by molar-refractivity contribution is 6.10. The first-order chi connectivity index (χ1) is 8.09. The lowest BCUT2D eigenvalue weighted by atomic mass is 9.97. The summed E-state index contributed by atoms with van der Waals surface area (Å²) < 4.78 is 13.5. The summed E-state index contributed by atoms with van der Waals surface area (Å²) in [6, 6.07) is 11.7. The number of halogens is 1. The van der Waals surface area contributed by atoms with Gasteiger partial charge in [0.2, 0.25) is 0 Å². The second-order valence-corrected chi connectivity index (χ2v) is 4.13. The highest BCUT2D eigenvalue weighted by atomic mass is 19.1. The Morgan fingerprint density at radius 3 is 2.41 bits per heavy atom. The third-order valence-electron chi connectivity index (χ3n) is 2.76. The largest absolute Gasteiger partial charge is 0.288 e. The van der Waals surface area contributed by atoms with Crippen molar-refractivity contribution in [3.8, 4) is 0 Å². The van der Waals surface area contributed by atoms with Crippen LogP contribution in [0.1, 0.15) is 27.0 Å². The zero-order valence-electron chi connectivity index (χ0n) is 9.83. The fourth-order valence-electron chi connectivity index (χ4n) is 1.77. The van der Waals surface area contributed by atoms with Gasteiger partial charge in [0.15, 0.2) is 5.78 Å². The molecule has 0 N–H and O–H groups in total. The molecule has 2 rings (SSSR count). The maximum absolute atomic E-state index is 13.5. The molecule has 0 atom stereocenters. The van der Waals surface area contributed by atoms with Crippen LogP contribution >= 0.6 is 0 Å². The minimum absolute atomic E-state index is 0.126. The number of hydrogen-bond acceptors (Lipinski definition) is 1. The predicted molar refractivity (Wildman–Crippen MR) is 65.7 cm³/mol. The minimum atomic E-state index is -0.474. The van der Waals surface area contributed by atoms with Gasteiger partial charge in [-0.15, -0.1) is 0 Å².